The van der Waals surface area contributed by atoms with Crippen LogP contribution in [0.25, 0.3) is 0 Å². The first-order valence-electron chi connectivity index (χ1n) is 8.25. The van der Waals surface area contributed by atoms with Gasteiger partial charge in [-0.15, -0.1) is 0 Å². The van der Waals surface area contributed by atoms with Crippen molar-refractivity contribution in [2.24, 2.45) is 0 Å². The number of thioether (sulfide) groups is 1. The van der Waals surface area contributed by atoms with E-state index in [4.69, 9.17) is 4.74 Å². The average molecular weight is 404 g/mol. The first-order chi connectivity index (χ1) is 12.7. The Bertz CT molecular complexity index is 665. The van der Waals surface area contributed by atoms with Crippen molar-refractivity contribution in [2.45, 2.75) is 50.9 Å². The van der Waals surface area contributed by atoms with Crippen molar-refractivity contribution < 1.29 is 27.9 Å². The Hall–Kier alpha value is -2.30. The first kappa shape index (κ1) is 22.7. The molecule has 0 radical (unpaired) electrons. The number of nitrogens with zero attached hydrogens (tertiary/aromatic N) is 2. The molecule has 0 atom stereocenters. The highest BCUT2D eigenvalue weighted by atomic mass is 32.2. The molecule has 0 bridgehead atoms. The molecule has 8 nitrogen and oxygen atoms in total. The number of halogens is 2. The fourth-order valence-electron chi connectivity index (χ4n) is 2.09. The molecule has 27 heavy (non-hydrogen) atoms. The Morgan fingerprint density at radius 3 is 2.37 bits per heavy atom. The summed E-state index contributed by atoms with van der Waals surface area (Å²) in [6, 6.07) is -0.650. The number of ether oxygens (including phenoxy) is 1. The molecule has 1 aromatic rings. The number of hydrogen-bond acceptors (Lipinski definition) is 7. The summed E-state index contributed by atoms with van der Waals surface area (Å²) in [5.74, 6) is -3.98. The summed E-state index contributed by atoms with van der Waals surface area (Å²) in [6.07, 6.45) is 0.928. The number of esters is 1. The second-order valence-electron chi connectivity index (χ2n) is 5.50. The van der Waals surface area contributed by atoms with Crippen LogP contribution in [0.2, 0.25) is 0 Å². The summed E-state index contributed by atoms with van der Waals surface area (Å²) >= 11 is 0.256. The van der Waals surface area contributed by atoms with Gasteiger partial charge >= 0.3 is 12.0 Å². The zero-order chi connectivity index (χ0) is 20.4. The standard InChI is InChI=1S/C16H22F2N4O4S/c1-4-7-19-15(25)22-12(23)8-26-13(24)6-5-11-9(2)20-16(21-10(11)3)27-14(17)18/h14H,4-8H2,1-3H3,(H2,19,22,23,25). The predicted octanol–water partition coefficient (Wildman–Crippen LogP) is 2.12. The predicted molar refractivity (Wildman–Crippen MR) is 94.5 cm³/mol. The number of carbonyl (C=O) groups is 3. The zero-order valence-corrected chi connectivity index (χ0v) is 16.1. The number of carbonyl (C=O) groups excluding carboxylic acids is 3. The van der Waals surface area contributed by atoms with Crippen LogP contribution in [0.1, 0.15) is 36.7 Å². The van der Waals surface area contributed by atoms with E-state index in [2.05, 4.69) is 15.3 Å². The maximum absolute atomic E-state index is 12.4. The van der Waals surface area contributed by atoms with E-state index in [1.54, 1.807) is 13.8 Å². The molecule has 3 amide bonds. The van der Waals surface area contributed by atoms with E-state index in [1.807, 2.05) is 12.2 Å². The normalized spacial score (nSPS) is 10.6. The smallest absolute Gasteiger partial charge is 0.321 e. The Labute approximate surface area is 159 Å². The first-order valence-corrected chi connectivity index (χ1v) is 9.13. The zero-order valence-electron chi connectivity index (χ0n) is 15.3. The van der Waals surface area contributed by atoms with Gasteiger partial charge in [0.1, 0.15) is 0 Å². The van der Waals surface area contributed by atoms with Gasteiger partial charge in [-0.3, -0.25) is 14.9 Å². The maximum atomic E-state index is 12.4. The number of imide groups is 1. The van der Waals surface area contributed by atoms with Crippen molar-refractivity contribution >= 4 is 29.7 Å². The van der Waals surface area contributed by atoms with Gasteiger partial charge in [-0.2, -0.15) is 8.78 Å². The van der Waals surface area contributed by atoms with Gasteiger partial charge in [0, 0.05) is 24.4 Å². The van der Waals surface area contributed by atoms with Crippen LogP contribution in [-0.4, -0.2) is 46.8 Å². The summed E-state index contributed by atoms with van der Waals surface area (Å²) in [6.45, 7) is 5.01. The monoisotopic (exact) mass is 404 g/mol. The number of aromatic nitrogens is 2. The van der Waals surface area contributed by atoms with Crippen LogP contribution in [-0.2, 0) is 20.7 Å². The van der Waals surface area contributed by atoms with Gasteiger partial charge in [-0.25, -0.2) is 14.8 Å². The summed E-state index contributed by atoms with van der Waals surface area (Å²) in [4.78, 5) is 42.5. The Balaban J connectivity index is 2.46. The molecule has 2 N–H and O–H groups in total. The molecule has 0 aliphatic heterocycles. The second-order valence-corrected chi connectivity index (χ2v) is 6.46. The van der Waals surface area contributed by atoms with Crippen LogP contribution in [0, 0.1) is 13.8 Å². The molecular weight excluding hydrogens is 382 g/mol. The lowest BCUT2D eigenvalue weighted by Crippen LogP contribution is -2.41. The third-order valence-corrected chi connectivity index (χ3v) is 3.90. The number of urea groups is 1. The topological polar surface area (TPSA) is 110 Å². The van der Waals surface area contributed by atoms with Crippen molar-refractivity contribution in [3.8, 4) is 0 Å². The molecule has 0 aliphatic rings. The lowest BCUT2D eigenvalue weighted by atomic mass is 10.1. The van der Waals surface area contributed by atoms with Crippen molar-refractivity contribution in [2.75, 3.05) is 13.2 Å². The quantitative estimate of drug-likeness (QED) is 0.368. The number of alkyl halides is 2. The second kappa shape index (κ2) is 11.4. The third kappa shape index (κ3) is 8.76. The number of aryl methyl sites for hydroxylation is 2. The minimum atomic E-state index is -2.61. The van der Waals surface area contributed by atoms with Gasteiger partial charge in [0.15, 0.2) is 11.8 Å². The van der Waals surface area contributed by atoms with Crippen molar-refractivity contribution in [1.29, 1.82) is 0 Å². The lowest BCUT2D eigenvalue weighted by Gasteiger charge is -2.10. The highest BCUT2D eigenvalue weighted by Gasteiger charge is 2.15. The highest BCUT2D eigenvalue weighted by molar-refractivity contribution is 7.99. The third-order valence-electron chi connectivity index (χ3n) is 3.33. The van der Waals surface area contributed by atoms with Gasteiger partial charge in [-0.1, -0.05) is 6.92 Å². The van der Waals surface area contributed by atoms with E-state index in [0.717, 1.165) is 6.42 Å². The molecule has 1 aromatic heterocycles. The Kier molecular flexibility index (Phi) is 9.62. The minimum absolute atomic E-state index is 0.0238. The lowest BCUT2D eigenvalue weighted by molar-refractivity contribution is -0.148. The van der Waals surface area contributed by atoms with Crippen molar-refractivity contribution in [1.82, 2.24) is 20.6 Å². The van der Waals surface area contributed by atoms with Crippen LogP contribution < -0.4 is 10.6 Å². The molecule has 0 fully saturated rings. The van der Waals surface area contributed by atoms with Gasteiger partial charge in [0.2, 0.25) is 0 Å². The number of rotatable bonds is 9. The summed E-state index contributed by atoms with van der Waals surface area (Å²) in [5, 5.41) is 4.46. The SMILES string of the molecule is CCCNC(=O)NC(=O)COC(=O)CCc1c(C)nc(SC(F)F)nc1C. The molecule has 11 heteroatoms. The van der Waals surface area contributed by atoms with E-state index in [-0.39, 0.29) is 29.8 Å². The summed E-state index contributed by atoms with van der Waals surface area (Å²) in [7, 11) is 0. The van der Waals surface area contributed by atoms with Crippen LogP contribution in [0.15, 0.2) is 5.16 Å². The fourth-order valence-corrected chi connectivity index (χ4v) is 2.63. The van der Waals surface area contributed by atoms with E-state index in [9.17, 15) is 23.2 Å². The molecule has 0 aliphatic carbocycles. The molecule has 1 rings (SSSR count). The van der Waals surface area contributed by atoms with Gasteiger partial charge < -0.3 is 10.1 Å². The van der Waals surface area contributed by atoms with Gasteiger partial charge in [0.05, 0.1) is 0 Å². The van der Waals surface area contributed by atoms with Crippen molar-refractivity contribution in [3.63, 3.8) is 0 Å². The van der Waals surface area contributed by atoms with Crippen LogP contribution >= 0.6 is 11.8 Å². The highest BCUT2D eigenvalue weighted by Crippen LogP contribution is 2.24. The molecule has 0 saturated heterocycles. The molecular formula is C16H22F2N4O4S. The van der Waals surface area contributed by atoms with E-state index < -0.39 is 30.3 Å². The maximum Gasteiger partial charge on any atom is 0.321 e. The molecule has 0 saturated carbocycles. The number of hydrogen-bond donors (Lipinski definition) is 2. The van der Waals surface area contributed by atoms with Crippen LogP contribution in [0.5, 0.6) is 0 Å². The van der Waals surface area contributed by atoms with Gasteiger partial charge in [0.25, 0.3) is 11.7 Å². The fraction of sp³-hybridized carbons (Fsp3) is 0.562. The summed E-state index contributed by atoms with van der Waals surface area (Å²) < 4.78 is 29.6. The molecule has 1 heterocycles. The summed E-state index contributed by atoms with van der Waals surface area (Å²) in [5.41, 5.74) is 1.67. The van der Waals surface area contributed by atoms with Crippen LogP contribution in [0.4, 0.5) is 13.6 Å². The van der Waals surface area contributed by atoms with Crippen LogP contribution in [0.3, 0.4) is 0 Å². The molecule has 0 unspecified atom stereocenters. The van der Waals surface area contributed by atoms with E-state index in [0.29, 0.717) is 23.5 Å². The van der Waals surface area contributed by atoms with Crippen molar-refractivity contribution in [3.05, 3.63) is 17.0 Å². The number of amides is 3. The Morgan fingerprint density at radius 1 is 1.19 bits per heavy atom. The Morgan fingerprint density at radius 2 is 1.81 bits per heavy atom. The minimum Gasteiger partial charge on any atom is -0.456 e. The van der Waals surface area contributed by atoms with E-state index >= 15 is 0 Å². The molecule has 150 valence electrons. The largest absolute Gasteiger partial charge is 0.456 e. The number of nitrogens with one attached hydrogen (secondary N) is 2. The molecule has 0 aromatic carbocycles. The van der Waals surface area contributed by atoms with Gasteiger partial charge in [-0.05, 0) is 44.0 Å². The average Bonchev–Trinajstić information content (AvgIpc) is 2.56. The molecule has 0 spiro atoms. The van der Waals surface area contributed by atoms with E-state index in [1.165, 1.54) is 0 Å².